The maximum atomic E-state index is 5.74. The van der Waals surface area contributed by atoms with E-state index in [1.165, 1.54) is 0 Å². The fraction of sp³-hybridized carbons (Fsp3) is 0.500. The Hall–Kier alpha value is -2.48. The number of methoxy groups -OCH3 is 2. The van der Waals surface area contributed by atoms with Crippen LogP contribution in [0.2, 0.25) is 0 Å². The molecule has 30 heavy (non-hydrogen) atoms. The first-order chi connectivity index (χ1) is 14.7. The molecular weight excluding hydrogens is 380 g/mol. The Labute approximate surface area is 179 Å². The molecule has 1 aromatic carbocycles. The van der Waals surface area contributed by atoms with Gasteiger partial charge in [-0.3, -0.25) is 0 Å². The lowest BCUT2D eigenvalue weighted by Crippen LogP contribution is -2.13. The number of hydrogen-bond donors (Lipinski definition) is 0. The van der Waals surface area contributed by atoms with E-state index in [4.69, 9.17) is 18.9 Å². The third-order valence-corrected chi connectivity index (χ3v) is 4.23. The van der Waals surface area contributed by atoms with Gasteiger partial charge in [-0.05, 0) is 36.8 Å². The molecule has 0 aliphatic carbocycles. The zero-order valence-electron chi connectivity index (χ0n) is 18.2. The smallest absolute Gasteiger partial charge is 0.148 e. The second-order valence-electron chi connectivity index (χ2n) is 6.47. The molecule has 0 N–H and O–H groups in total. The maximum absolute atomic E-state index is 5.74. The normalized spacial score (nSPS) is 12.5. The van der Waals surface area contributed by atoms with Crippen LogP contribution in [0.25, 0.3) is 11.0 Å². The van der Waals surface area contributed by atoms with Gasteiger partial charge < -0.3 is 18.9 Å². The third-order valence-electron chi connectivity index (χ3n) is 4.23. The molecule has 1 aromatic heterocycles. The molecule has 1 heterocycles. The lowest BCUT2D eigenvalue weighted by molar-refractivity contribution is 0.0423. The average Bonchev–Trinajstić information content (AvgIpc) is 2.78. The van der Waals surface area contributed by atoms with Crippen molar-refractivity contribution in [3.8, 4) is 23.7 Å². The highest BCUT2D eigenvalue weighted by atomic mass is 16.5. The van der Waals surface area contributed by atoms with E-state index >= 15 is 0 Å². The summed E-state index contributed by atoms with van der Waals surface area (Å²) in [5.74, 6) is 12.5. The monoisotopic (exact) mass is 410 g/mol. The van der Waals surface area contributed by atoms with Crippen molar-refractivity contribution in [3.63, 3.8) is 0 Å². The van der Waals surface area contributed by atoms with E-state index in [-0.39, 0.29) is 12.2 Å². The average molecular weight is 411 g/mol. The second kappa shape index (κ2) is 13.7. The van der Waals surface area contributed by atoms with Gasteiger partial charge >= 0.3 is 0 Å². The van der Waals surface area contributed by atoms with Crippen LogP contribution in [0.15, 0.2) is 24.3 Å². The van der Waals surface area contributed by atoms with Crippen molar-refractivity contribution in [2.24, 2.45) is 0 Å². The molecule has 0 saturated carbocycles. The quantitative estimate of drug-likeness (QED) is 0.443. The predicted octanol–water partition coefficient (Wildman–Crippen LogP) is 3.22. The Morgan fingerprint density at radius 2 is 1.17 bits per heavy atom. The minimum atomic E-state index is -0.199. The molecule has 0 bridgehead atoms. The van der Waals surface area contributed by atoms with Crippen molar-refractivity contribution in [2.45, 2.75) is 38.9 Å². The molecule has 160 valence electrons. The Morgan fingerprint density at radius 3 is 1.53 bits per heavy atom. The number of para-hydroxylation sites is 2. The SMILES string of the molecule is CC[C@H](C#Cc1nc2ccccc2nc1C#C[C@@H](CC)OCCOC)OCCOC. The van der Waals surface area contributed by atoms with Crippen LogP contribution in [-0.2, 0) is 18.9 Å². The third kappa shape index (κ3) is 7.74. The van der Waals surface area contributed by atoms with Gasteiger partial charge in [0, 0.05) is 14.2 Å². The summed E-state index contributed by atoms with van der Waals surface area (Å²) in [4.78, 5) is 9.35. The van der Waals surface area contributed by atoms with Crippen molar-refractivity contribution in [1.82, 2.24) is 9.97 Å². The molecule has 2 atom stereocenters. The van der Waals surface area contributed by atoms with Crippen LogP contribution in [0, 0.1) is 23.7 Å². The van der Waals surface area contributed by atoms with Crippen LogP contribution in [0.3, 0.4) is 0 Å². The van der Waals surface area contributed by atoms with Gasteiger partial charge in [-0.25, -0.2) is 9.97 Å². The van der Waals surface area contributed by atoms with E-state index in [2.05, 4.69) is 33.6 Å². The van der Waals surface area contributed by atoms with Crippen LogP contribution in [0.5, 0.6) is 0 Å². The first-order valence-corrected chi connectivity index (χ1v) is 10.2. The summed E-state index contributed by atoms with van der Waals surface area (Å²) in [6.07, 6.45) is 1.14. The van der Waals surface area contributed by atoms with E-state index in [1.807, 2.05) is 38.1 Å². The molecular formula is C24H30N2O4. The summed E-state index contributed by atoms with van der Waals surface area (Å²) >= 11 is 0. The number of nitrogens with zero attached hydrogens (tertiary/aromatic N) is 2. The number of ether oxygens (including phenoxy) is 4. The van der Waals surface area contributed by atoms with E-state index in [0.29, 0.717) is 37.8 Å². The number of fused-ring (bicyclic) bond motifs is 1. The highest BCUT2D eigenvalue weighted by molar-refractivity contribution is 5.75. The number of rotatable bonds is 10. The van der Waals surface area contributed by atoms with Crippen molar-refractivity contribution in [2.75, 3.05) is 40.6 Å². The predicted molar refractivity (Wildman–Crippen MR) is 117 cm³/mol. The molecule has 0 aliphatic heterocycles. The molecule has 6 nitrogen and oxygen atoms in total. The second-order valence-corrected chi connectivity index (χ2v) is 6.47. The van der Waals surface area contributed by atoms with Crippen LogP contribution < -0.4 is 0 Å². The Balaban J connectivity index is 2.32. The molecule has 0 radical (unpaired) electrons. The number of benzene rings is 1. The van der Waals surface area contributed by atoms with Crippen LogP contribution in [0.1, 0.15) is 38.1 Å². The van der Waals surface area contributed by atoms with E-state index in [0.717, 1.165) is 23.9 Å². The van der Waals surface area contributed by atoms with Gasteiger partial charge in [0.2, 0.25) is 0 Å². The van der Waals surface area contributed by atoms with Gasteiger partial charge in [-0.15, -0.1) is 0 Å². The molecule has 0 unspecified atom stereocenters. The summed E-state index contributed by atoms with van der Waals surface area (Å²) in [6, 6.07) is 7.69. The van der Waals surface area contributed by atoms with Crippen LogP contribution >= 0.6 is 0 Å². The van der Waals surface area contributed by atoms with Gasteiger partial charge in [-0.1, -0.05) is 37.8 Å². The lowest BCUT2D eigenvalue weighted by Gasteiger charge is -2.09. The highest BCUT2D eigenvalue weighted by Crippen LogP contribution is 2.12. The summed E-state index contributed by atoms with van der Waals surface area (Å²) in [5.41, 5.74) is 2.65. The van der Waals surface area contributed by atoms with E-state index in [9.17, 15) is 0 Å². The molecule has 0 aliphatic rings. The first-order valence-electron chi connectivity index (χ1n) is 10.2. The summed E-state index contributed by atoms with van der Waals surface area (Å²) in [5, 5.41) is 0. The van der Waals surface area contributed by atoms with Gasteiger partial charge in [0.05, 0.1) is 37.5 Å². The standard InChI is InChI=1S/C24H30N2O4/c1-5-19(29-17-15-27-3)11-13-23-24(14-12-20(6-2)30-18-16-28-4)26-22-10-8-7-9-21(22)25-23/h7-10,19-20H,5-6,15-18H2,1-4H3/t19-,20-/m1/s1. The minimum absolute atomic E-state index is 0.199. The maximum Gasteiger partial charge on any atom is 0.148 e. The Kier molecular flexibility index (Phi) is 10.9. The summed E-state index contributed by atoms with van der Waals surface area (Å²) < 4.78 is 21.5. The van der Waals surface area contributed by atoms with Crippen LogP contribution in [-0.4, -0.2) is 62.8 Å². The molecule has 0 fully saturated rings. The zero-order chi connectivity index (χ0) is 21.6. The molecule has 0 saturated heterocycles. The lowest BCUT2D eigenvalue weighted by atomic mass is 10.2. The van der Waals surface area contributed by atoms with Gasteiger partial charge in [0.1, 0.15) is 23.6 Å². The van der Waals surface area contributed by atoms with Gasteiger partial charge in [-0.2, -0.15) is 0 Å². The molecule has 2 aromatic rings. The Morgan fingerprint density at radius 1 is 0.733 bits per heavy atom. The van der Waals surface area contributed by atoms with Crippen molar-refractivity contribution >= 4 is 11.0 Å². The number of aromatic nitrogens is 2. The van der Waals surface area contributed by atoms with Gasteiger partial charge in [0.15, 0.2) is 0 Å². The largest absolute Gasteiger partial charge is 0.382 e. The molecule has 0 spiro atoms. The van der Waals surface area contributed by atoms with Crippen LogP contribution in [0.4, 0.5) is 0 Å². The zero-order valence-corrected chi connectivity index (χ0v) is 18.2. The van der Waals surface area contributed by atoms with Crippen molar-refractivity contribution < 1.29 is 18.9 Å². The van der Waals surface area contributed by atoms with E-state index < -0.39 is 0 Å². The Bertz CT molecular complexity index is 834. The molecule has 2 rings (SSSR count). The fourth-order valence-corrected chi connectivity index (χ4v) is 2.54. The molecule has 0 amide bonds. The minimum Gasteiger partial charge on any atom is -0.382 e. The number of hydrogen-bond acceptors (Lipinski definition) is 6. The van der Waals surface area contributed by atoms with E-state index in [1.54, 1.807) is 14.2 Å². The van der Waals surface area contributed by atoms with Gasteiger partial charge in [0.25, 0.3) is 0 Å². The first kappa shape index (κ1) is 23.8. The van der Waals surface area contributed by atoms with Crippen molar-refractivity contribution in [1.29, 1.82) is 0 Å². The highest BCUT2D eigenvalue weighted by Gasteiger charge is 2.08. The summed E-state index contributed by atoms with van der Waals surface area (Å²) in [7, 11) is 3.29. The summed E-state index contributed by atoms with van der Waals surface area (Å²) in [6.45, 7) is 6.12. The fourth-order valence-electron chi connectivity index (χ4n) is 2.54. The topological polar surface area (TPSA) is 62.7 Å². The van der Waals surface area contributed by atoms with Crippen molar-refractivity contribution in [3.05, 3.63) is 35.7 Å². The molecule has 6 heteroatoms.